The fraction of sp³-hybridized carbons (Fsp3) is 0.941. The smallest absolute Gasteiger partial charge is 0.240 e. The molecule has 5 nitrogen and oxygen atoms in total. The average Bonchev–Trinajstić information content (AvgIpc) is 2.47. The molecule has 1 aliphatic rings. The van der Waals surface area contributed by atoms with Crippen LogP contribution in [-0.4, -0.2) is 49.9 Å². The van der Waals surface area contributed by atoms with Crippen LogP contribution in [-0.2, 0) is 14.6 Å². The highest BCUT2D eigenvalue weighted by molar-refractivity contribution is 7.93. The number of halogens is 1. The van der Waals surface area contributed by atoms with E-state index in [2.05, 4.69) is 0 Å². The van der Waals surface area contributed by atoms with E-state index in [4.69, 9.17) is 5.73 Å². The van der Waals surface area contributed by atoms with Crippen LogP contribution in [0.25, 0.3) is 0 Å². The lowest BCUT2D eigenvalue weighted by atomic mass is 9.93. The molecule has 0 radical (unpaired) electrons. The Bertz CT molecular complexity index is 500. The molecule has 144 valence electrons. The van der Waals surface area contributed by atoms with Gasteiger partial charge in [-0.15, -0.1) is 12.4 Å². The monoisotopic (exact) mass is 382 g/mol. The topological polar surface area (TPSA) is 80.5 Å². The van der Waals surface area contributed by atoms with Gasteiger partial charge in [0, 0.05) is 13.6 Å². The fourth-order valence-electron chi connectivity index (χ4n) is 3.41. The highest BCUT2D eigenvalue weighted by Gasteiger charge is 2.42. The minimum absolute atomic E-state index is 0. The molecule has 0 aromatic heterocycles. The molecule has 1 amide bonds. The van der Waals surface area contributed by atoms with Crippen molar-refractivity contribution in [3.05, 3.63) is 0 Å². The molecular formula is C17H35ClN2O3S. The first kappa shape index (κ1) is 23.7. The molecule has 1 aliphatic carbocycles. The van der Waals surface area contributed by atoms with Crippen LogP contribution in [0.4, 0.5) is 0 Å². The zero-order valence-electron chi connectivity index (χ0n) is 15.7. The van der Waals surface area contributed by atoms with Gasteiger partial charge in [-0.3, -0.25) is 4.79 Å². The zero-order valence-corrected chi connectivity index (χ0v) is 17.4. The van der Waals surface area contributed by atoms with Crippen molar-refractivity contribution in [2.24, 2.45) is 17.1 Å². The normalized spacial score (nSPS) is 18.1. The molecular weight excluding hydrogens is 348 g/mol. The van der Waals surface area contributed by atoms with Crippen molar-refractivity contribution < 1.29 is 13.2 Å². The Kier molecular flexibility index (Phi) is 9.26. The van der Waals surface area contributed by atoms with Crippen LogP contribution in [0.15, 0.2) is 0 Å². The number of hydrogen-bond donors (Lipinski definition) is 1. The van der Waals surface area contributed by atoms with Gasteiger partial charge in [0.15, 0.2) is 9.84 Å². The largest absolute Gasteiger partial charge is 0.344 e. The van der Waals surface area contributed by atoms with Crippen LogP contribution in [0, 0.1) is 11.3 Å². The molecule has 0 heterocycles. The summed E-state index contributed by atoms with van der Waals surface area (Å²) in [5.74, 6) is -0.509. The SMILES string of the molecule is CC(C)C(C(=O)N(C)CC(C)(C)CN)S(=O)(=O)C1CCCCC1.Cl. The molecule has 0 spiro atoms. The van der Waals surface area contributed by atoms with E-state index in [1.54, 1.807) is 11.9 Å². The van der Waals surface area contributed by atoms with Crippen molar-refractivity contribution in [1.82, 2.24) is 4.90 Å². The van der Waals surface area contributed by atoms with Gasteiger partial charge in [0.05, 0.1) is 5.25 Å². The summed E-state index contributed by atoms with van der Waals surface area (Å²) in [6.45, 7) is 8.53. The lowest BCUT2D eigenvalue weighted by Crippen LogP contribution is -2.50. The van der Waals surface area contributed by atoms with Crippen molar-refractivity contribution >= 4 is 28.2 Å². The molecule has 0 aliphatic heterocycles. The molecule has 7 heteroatoms. The Labute approximate surface area is 154 Å². The van der Waals surface area contributed by atoms with Crippen LogP contribution in [0.2, 0.25) is 0 Å². The van der Waals surface area contributed by atoms with Crippen molar-refractivity contribution in [3.8, 4) is 0 Å². The third-order valence-electron chi connectivity index (χ3n) is 4.81. The van der Waals surface area contributed by atoms with Crippen LogP contribution < -0.4 is 5.73 Å². The number of nitrogens with two attached hydrogens (primary N) is 1. The lowest BCUT2D eigenvalue weighted by Gasteiger charge is -2.34. The number of carbonyl (C=O) groups excluding carboxylic acids is 1. The Morgan fingerprint density at radius 3 is 2.12 bits per heavy atom. The van der Waals surface area contributed by atoms with Crippen molar-refractivity contribution in [3.63, 3.8) is 0 Å². The zero-order chi connectivity index (χ0) is 17.8. The van der Waals surface area contributed by atoms with Crippen molar-refractivity contribution in [1.29, 1.82) is 0 Å². The van der Waals surface area contributed by atoms with Crippen molar-refractivity contribution in [2.45, 2.75) is 70.3 Å². The number of hydrogen-bond acceptors (Lipinski definition) is 4. The predicted molar refractivity (Wildman–Crippen MR) is 102 cm³/mol. The number of carbonyl (C=O) groups is 1. The summed E-state index contributed by atoms with van der Waals surface area (Å²) < 4.78 is 26.1. The van der Waals surface area contributed by atoms with Gasteiger partial charge in [-0.1, -0.05) is 47.0 Å². The third-order valence-corrected chi connectivity index (χ3v) is 7.67. The molecule has 24 heavy (non-hydrogen) atoms. The molecule has 0 aromatic carbocycles. The second kappa shape index (κ2) is 9.39. The second-order valence-electron chi connectivity index (χ2n) is 8.08. The molecule has 0 aromatic rings. The van der Waals surface area contributed by atoms with Gasteiger partial charge in [-0.05, 0) is 30.7 Å². The maximum atomic E-state index is 13.0. The number of amides is 1. The molecule has 1 rings (SSSR count). The van der Waals surface area contributed by atoms with E-state index >= 15 is 0 Å². The summed E-state index contributed by atoms with van der Waals surface area (Å²) in [5, 5.41) is -1.30. The summed E-state index contributed by atoms with van der Waals surface area (Å²) in [5.41, 5.74) is 5.52. The highest BCUT2D eigenvalue weighted by atomic mass is 35.5. The summed E-state index contributed by atoms with van der Waals surface area (Å²) in [7, 11) is -1.77. The van der Waals surface area contributed by atoms with E-state index in [1.165, 1.54) is 0 Å². The predicted octanol–water partition coefficient (Wildman–Crippen LogP) is 2.62. The highest BCUT2D eigenvalue weighted by Crippen LogP contribution is 2.30. The molecule has 1 fully saturated rings. The summed E-state index contributed by atoms with van der Waals surface area (Å²) in [6, 6.07) is 0. The molecule has 2 N–H and O–H groups in total. The first-order chi connectivity index (χ1) is 10.5. The third kappa shape index (κ3) is 5.88. The van der Waals surface area contributed by atoms with E-state index in [9.17, 15) is 13.2 Å². The van der Waals surface area contributed by atoms with E-state index < -0.39 is 15.1 Å². The van der Waals surface area contributed by atoms with Crippen molar-refractivity contribution in [2.75, 3.05) is 20.1 Å². The Morgan fingerprint density at radius 1 is 1.21 bits per heavy atom. The van der Waals surface area contributed by atoms with Gasteiger partial charge in [0.1, 0.15) is 5.25 Å². The molecule has 1 atom stereocenters. The summed E-state index contributed by atoms with van der Waals surface area (Å²) >= 11 is 0. The average molecular weight is 383 g/mol. The maximum Gasteiger partial charge on any atom is 0.240 e. The molecule has 1 unspecified atom stereocenters. The first-order valence-corrected chi connectivity index (χ1v) is 10.3. The van der Waals surface area contributed by atoms with Gasteiger partial charge < -0.3 is 10.6 Å². The van der Waals surface area contributed by atoms with Gasteiger partial charge in [-0.2, -0.15) is 0 Å². The van der Waals surface area contributed by atoms with Gasteiger partial charge in [0.25, 0.3) is 0 Å². The second-order valence-corrected chi connectivity index (χ2v) is 10.4. The summed E-state index contributed by atoms with van der Waals surface area (Å²) in [4.78, 5) is 14.4. The van der Waals surface area contributed by atoms with Gasteiger partial charge in [-0.25, -0.2) is 8.42 Å². The Balaban J connectivity index is 0.00000529. The Morgan fingerprint density at radius 2 is 1.71 bits per heavy atom. The van der Waals surface area contributed by atoms with E-state index in [0.717, 1.165) is 19.3 Å². The quantitative estimate of drug-likeness (QED) is 0.733. The van der Waals surface area contributed by atoms with Crippen LogP contribution in [0.5, 0.6) is 0 Å². The van der Waals surface area contributed by atoms with Crippen LogP contribution in [0.3, 0.4) is 0 Å². The van der Waals surface area contributed by atoms with Gasteiger partial charge >= 0.3 is 0 Å². The summed E-state index contributed by atoms with van der Waals surface area (Å²) in [6.07, 6.45) is 4.36. The number of nitrogens with zero attached hydrogens (tertiary/aromatic N) is 1. The fourth-order valence-corrected chi connectivity index (χ4v) is 6.03. The molecule has 0 saturated heterocycles. The lowest BCUT2D eigenvalue weighted by molar-refractivity contribution is -0.131. The van der Waals surface area contributed by atoms with Crippen LogP contribution in [0.1, 0.15) is 59.8 Å². The standard InChI is InChI=1S/C17H34N2O3S.ClH/c1-13(2)15(16(20)19(5)12-17(3,4)11-18)23(21,22)14-9-7-6-8-10-14;/h13-15H,6-12,18H2,1-5H3;1H. The number of sulfone groups is 1. The maximum absolute atomic E-state index is 13.0. The van der Waals surface area contributed by atoms with E-state index in [1.807, 2.05) is 27.7 Å². The van der Waals surface area contributed by atoms with E-state index in [-0.39, 0.29) is 34.9 Å². The van der Waals surface area contributed by atoms with E-state index in [0.29, 0.717) is 25.9 Å². The molecule has 1 saturated carbocycles. The first-order valence-electron chi connectivity index (χ1n) is 8.70. The van der Waals surface area contributed by atoms with Crippen LogP contribution >= 0.6 is 12.4 Å². The minimum atomic E-state index is -3.45. The molecule has 0 bridgehead atoms. The van der Waals surface area contributed by atoms with Gasteiger partial charge in [0.2, 0.25) is 5.91 Å². The Hall–Kier alpha value is -0.330. The number of rotatable bonds is 7. The minimum Gasteiger partial charge on any atom is -0.344 e.